The van der Waals surface area contributed by atoms with Crippen LogP contribution in [0.15, 0.2) is 30.8 Å². The molecule has 0 saturated carbocycles. The van der Waals surface area contributed by atoms with Gasteiger partial charge in [-0.25, -0.2) is 0 Å². The van der Waals surface area contributed by atoms with Crippen LogP contribution in [-0.2, 0) is 9.47 Å². The number of benzene rings is 1. The first-order valence-corrected chi connectivity index (χ1v) is 5.68. The van der Waals surface area contributed by atoms with Gasteiger partial charge < -0.3 is 9.47 Å². The zero-order chi connectivity index (χ0) is 12.0. The van der Waals surface area contributed by atoms with E-state index in [1.165, 1.54) is 5.56 Å². The number of hydrogen-bond acceptors (Lipinski definition) is 2. The van der Waals surface area contributed by atoms with Crippen molar-refractivity contribution in [2.24, 2.45) is 0 Å². The molecule has 2 nitrogen and oxygen atoms in total. The molecule has 16 heavy (non-hydrogen) atoms. The molecule has 0 N–H and O–H groups in total. The lowest BCUT2D eigenvalue weighted by molar-refractivity contribution is -0.0962. The standard InChI is InChI=1S/C14H20O2/c1-5-15-14(16-6-2)12(4)13-9-7-11(3)8-10-13/h7-10,14H,4-6H2,1-3H3. The van der Waals surface area contributed by atoms with Crippen LogP contribution in [0.25, 0.3) is 5.57 Å². The van der Waals surface area contributed by atoms with Crippen molar-refractivity contribution in [2.75, 3.05) is 13.2 Å². The minimum atomic E-state index is -0.335. The molecule has 0 unspecified atom stereocenters. The smallest absolute Gasteiger partial charge is 0.183 e. The third-order valence-corrected chi connectivity index (χ3v) is 2.34. The van der Waals surface area contributed by atoms with Crippen molar-refractivity contribution < 1.29 is 9.47 Å². The van der Waals surface area contributed by atoms with Gasteiger partial charge in [-0.15, -0.1) is 0 Å². The summed E-state index contributed by atoms with van der Waals surface area (Å²) in [6.07, 6.45) is -0.335. The molecule has 1 rings (SSSR count). The Bertz CT molecular complexity index is 321. The van der Waals surface area contributed by atoms with Gasteiger partial charge in [0.1, 0.15) is 0 Å². The molecule has 2 heteroatoms. The van der Waals surface area contributed by atoms with E-state index in [0.717, 1.165) is 11.1 Å². The van der Waals surface area contributed by atoms with Gasteiger partial charge in [0, 0.05) is 18.8 Å². The molecule has 0 atom stereocenters. The largest absolute Gasteiger partial charge is 0.349 e. The molecule has 0 aliphatic heterocycles. The van der Waals surface area contributed by atoms with Crippen LogP contribution >= 0.6 is 0 Å². The van der Waals surface area contributed by atoms with Crippen LogP contribution < -0.4 is 0 Å². The summed E-state index contributed by atoms with van der Waals surface area (Å²) in [5.74, 6) is 0. The second kappa shape index (κ2) is 6.46. The molecule has 0 heterocycles. The highest BCUT2D eigenvalue weighted by Crippen LogP contribution is 2.20. The first-order valence-electron chi connectivity index (χ1n) is 5.68. The minimum absolute atomic E-state index is 0.335. The van der Waals surface area contributed by atoms with E-state index >= 15 is 0 Å². The maximum absolute atomic E-state index is 5.51. The Morgan fingerprint density at radius 1 is 1.12 bits per heavy atom. The molecule has 0 aliphatic carbocycles. The van der Waals surface area contributed by atoms with Crippen LogP contribution in [-0.4, -0.2) is 19.5 Å². The molecule has 1 aromatic rings. The Hall–Kier alpha value is -1.12. The molecule has 0 amide bonds. The fourth-order valence-corrected chi connectivity index (χ4v) is 1.46. The molecule has 0 fully saturated rings. The molecule has 1 aromatic carbocycles. The molecule has 0 radical (unpaired) electrons. The highest BCUT2D eigenvalue weighted by molar-refractivity contribution is 5.65. The summed E-state index contributed by atoms with van der Waals surface area (Å²) in [6, 6.07) is 8.22. The molecule has 0 aromatic heterocycles. The van der Waals surface area contributed by atoms with E-state index in [1.807, 2.05) is 26.0 Å². The summed E-state index contributed by atoms with van der Waals surface area (Å²) in [6.45, 7) is 11.3. The van der Waals surface area contributed by atoms with E-state index in [9.17, 15) is 0 Å². The molecule has 0 bridgehead atoms. The Balaban J connectivity index is 2.77. The topological polar surface area (TPSA) is 18.5 Å². The van der Waals surface area contributed by atoms with Gasteiger partial charge in [0.15, 0.2) is 6.29 Å². The van der Waals surface area contributed by atoms with Gasteiger partial charge in [-0.2, -0.15) is 0 Å². The third kappa shape index (κ3) is 3.47. The third-order valence-electron chi connectivity index (χ3n) is 2.34. The first kappa shape index (κ1) is 12.9. The van der Waals surface area contributed by atoms with Crippen LogP contribution in [0.4, 0.5) is 0 Å². The van der Waals surface area contributed by atoms with E-state index < -0.39 is 0 Å². The second-order valence-corrected chi connectivity index (χ2v) is 3.63. The number of rotatable bonds is 6. The zero-order valence-corrected chi connectivity index (χ0v) is 10.3. The van der Waals surface area contributed by atoms with E-state index in [1.54, 1.807) is 0 Å². The normalized spacial score (nSPS) is 10.8. The molecule has 0 saturated heterocycles. The van der Waals surface area contributed by atoms with E-state index in [-0.39, 0.29) is 6.29 Å². The van der Waals surface area contributed by atoms with Crippen LogP contribution in [0.5, 0.6) is 0 Å². The average Bonchev–Trinajstić information content (AvgIpc) is 2.29. The van der Waals surface area contributed by atoms with Crippen molar-refractivity contribution in [1.29, 1.82) is 0 Å². The predicted molar refractivity (Wildman–Crippen MR) is 67.3 cm³/mol. The fraction of sp³-hybridized carbons (Fsp3) is 0.429. The van der Waals surface area contributed by atoms with Gasteiger partial charge in [-0.3, -0.25) is 0 Å². The van der Waals surface area contributed by atoms with E-state index in [0.29, 0.717) is 13.2 Å². The minimum Gasteiger partial charge on any atom is -0.349 e. The van der Waals surface area contributed by atoms with Crippen molar-refractivity contribution in [3.63, 3.8) is 0 Å². The molecular formula is C14H20O2. The van der Waals surface area contributed by atoms with Gasteiger partial charge in [0.05, 0.1) is 0 Å². The predicted octanol–water partition coefficient (Wildman–Crippen LogP) is 3.41. The van der Waals surface area contributed by atoms with Crippen LogP contribution in [0.1, 0.15) is 25.0 Å². The number of hydrogen-bond donors (Lipinski definition) is 0. The van der Waals surface area contributed by atoms with E-state index in [2.05, 4.69) is 25.6 Å². The van der Waals surface area contributed by atoms with Crippen LogP contribution in [0.2, 0.25) is 0 Å². The fourth-order valence-electron chi connectivity index (χ4n) is 1.46. The van der Waals surface area contributed by atoms with Crippen molar-refractivity contribution in [1.82, 2.24) is 0 Å². The molecular weight excluding hydrogens is 200 g/mol. The summed E-state index contributed by atoms with van der Waals surface area (Å²) < 4.78 is 11.0. The monoisotopic (exact) mass is 220 g/mol. The first-order chi connectivity index (χ1) is 7.69. The summed E-state index contributed by atoms with van der Waals surface area (Å²) in [7, 11) is 0. The lowest BCUT2D eigenvalue weighted by Crippen LogP contribution is -2.18. The van der Waals surface area contributed by atoms with Crippen molar-refractivity contribution >= 4 is 5.57 Å². The van der Waals surface area contributed by atoms with Gasteiger partial charge in [-0.1, -0.05) is 36.4 Å². The number of aryl methyl sites for hydroxylation is 1. The van der Waals surface area contributed by atoms with Gasteiger partial charge in [0.25, 0.3) is 0 Å². The second-order valence-electron chi connectivity index (χ2n) is 3.63. The Kier molecular flexibility index (Phi) is 5.23. The van der Waals surface area contributed by atoms with E-state index in [4.69, 9.17) is 9.47 Å². The van der Waals surface area contributed by atoms with Gasteiger partial charge in [0.2, 0.25) is 0 Å². The lowest BCUT2D eigenvalue weighted by Gasteiger charge is -2.19. The van der Waals surface area contributed by atoms with Crippen LogP contribution in [0.3, 0.4) is 0 Å². The quantitative estimate of drug-likeness (QED) is 0.684. The molecule has 0 spiro atoms. The average molecular weight is 220 g/mol. The summed E-state index contributed by atoms with van der Waals surface area (Å²) >= 11 is 0. The Morgan fingerprint density at radius 2 is 1.62 bits per heavy atom. The Morgan fingerprint density at radius 3 is 2.06 bits per heavy atom. The highest BCUT2D eigenvalue weighted by Gasteiger charge is 2.13. The zero-order valence-electron chi connectivity index (χ0n) is 10.3. The SMILES string of the molecule is C=C(c1ccc(C)cc1)C(OCC)OCC. The van der Waals surface area contributed by atoms with Gasteiger partial charge in [-0.05, 0) is 26.3 Å². The summed E-state index contributed by atoms with van der Waals surface area (Å²) in [4.78, 5) is 0. The highest BCUT2D eigenvalue weighted by atomic mass is 16.7. The van der Waals surface area contributed by atoms with Crippen LogP contribution in [0, 0.1) is 6.92 Å². The summed E-state index contributed by atoms with van der Waals surface area (Å²) in [5, 5.41) is 0. The Labute approximate surface area is 97.9 Å². The maximum Gasteiger partial charge on any atom is 0.183 e. The number of ether oxygens (including phenoxy) is 2. The molecule has 88 valence electrons. The lowest BCUT2D eigenvalue weighted by atomic mass is 10.1. The molecule has 0 aliphatic rings. The van der Waals surface area contributed by atoms with Crippen molar-refractivity contribution in [2.45, 2.75) is 27.1 Å². The van der Waals surface area contributed by atoms with Crippen molar-refractivity contribution in [3.05, 3.63) is 42.0 Å². The van der Waals surface area contributed by atoms with Crippen molar-refractivity contribution in [3.8, 4) is 0 Å². The van der Waals surface area contributed by atoms with Gasteiger partial charge >= 0.3 is 0 Å². The maximum atomic E-state index is 5.51. The summed E-state index contributed by atoms with van der Waals surface area (Å²) in [5.41, 5.74) is 3.18.